The van der Waals surface area contributed by atoms with Gasteiger partial charge in [0.25, 0.3) is 0 Å². The van der Waals surface area contributed by atoms with Gasteiger partial charge in [0, 0.05) is 78.7 Å². The van der Waals surface area contributed by atoms with Crippen molar-refractivity contribution in [2.75, 3.05) is 20.2 Å². The molecule has 10 nitrogen and oxygen atoms in total. The van der Waals surface area contributed by atoms with Gasteiger partial charge in [-0.25, -0.2) is 14.6 Å². The predicted molar refractivity (Wildman–Crippen MR) is 183 cm³/mol. The van der Waals surface area contributed by atoms with Crippen molar-refractivity contribution in [1.29, 1.82) is 0 Å². The highest BCUT2D eigenvalue weighted by Crippen LogP contribution is 2.41. The van der Waals surface area contributed by atoms with E-state index >= 15 is 0 Å². The monoisotopic (exact) mass is 671 g/mol. The highest BCUT2D eigenvalue weighted by molar-refractivity contribution is 6.39. The van der Waals surface area contributed by atoms with Crippen molar-refractivity contribution in [2.24, 2.45) is 0 Å². The molecule has 2 fully saturated rings. The number of rotatable bonds is 12. The number of carbonyl (C=O) groups is 1. The van der Waals surface area contributed by atoms with Crippen LogP contribution in [0.4, 0.5) is 0 Å². The molecular formula is C35H35Cl2N7O3. The molecule has 4 N–H and O–H groups in total. The lowest BCUT2D eigenvalue weighted by molar-refractivity contribution is -0.119. The Hall–Kier alpha value is -4.06. The van der Waals surface area contributed by atoms with E-state index in [1.165, 1.54) is 0 Å². The molecule has 0 bridgehead atoms. The molecule has 7 rings (SSSR count). The van der Waals surface area contributed by atoms with Crippen molar-refractivity contribution >= 4 is 40.1 Å². The summed E-state index contributed by atoms with van der Waals surface area (Å²) in [4.78, 5) is 20.8. The Morgan fingerprint density at radius 3 is 2.60 bits per heavy atom. The first-order chi connectivity index (χ1) is 22.8. The molecule has 12 heteroatoms. The van der Waals surface area contributed by atoms with E-state index in [1.807, 2.05) is 60.8 Å². The molecule has 4 heterocycles. The highest BCUT2D eigenvalue weighted by atomic mass is 35.5. The highest BCUT2D eigenvalue weighted by Gasteiger charge is 2.39. The lowest BCUT2D eigenvalue weighted by Gasteiger charge is -2.15. The van der Waals surface area contributed by atoms with Gasteiger partial charge in [-0.15, -0.1) is 5.10 Å². The summed E-state index contributed by atoms with van der Waals surface area (Å²) in [6, 6.07) is 17.7. The van der Waals surface area contributed by atoms with E-state index in [4.69, 9.17) is 38.0 Å². The van der Waals surface area contributed by atoms with Gasteiger partial charge in [-0.2, -0.15) is 0 Å². The van der Waals surface area contributed by atoms with E-state index in [2.05, 4.69) is 20.9 Å². The summed E-state index contributed by atoms with van der Waals surface area (Å²) in [5.41, 5.74) is 5.64. The number of nitrogens with zero attached hydrogens (tertiary/aromatic N) is 4. The Labute approximate surface area is 282 Å². The predicted octanol–water partition coefficient (Wildman–Crippen LogP) is 5.45. The summed E-state index contributed by atoms with van der Waals surface area (Å²) < 4.78 is 7.38. The van der Waals surface area contributed by atoms with Crippen LogP contribution >= 0.6 is 23.2 Å². The molecule has 47 heavy (non-hydrogen) atoms. The average Bonchev–Trinajstić information content (AvgIpc) is 3.43. The maximum atomic E-state index is 11.5. The summed E-state index contributed by atoms with van der Waals surface area (Å²) in [7, 11) is 1.60. The molecule has 242 valence electrons. The van der Waals surface area contributed by atoms with E-state index in [0.717, 1.165) is 52.5 Å². The van der Waals surface area contributed by atoms with Gasteiger partial charge in [0.1, 0.15) is 0 Å². The van der Waals surface area contributed by atoms with Crippen LogP contribution in [0.3, 0.4) is 0 Å². The van der Waals surface area contributed by atoms with Crippen LogP contribution in [0.2, 0.25) is 10.0 Å². The Morgan fingerprint density at radius 1 is 1.04 bits per heavy atom. The van der Waals surface area contributed by atoms with Crippen molar-refractivity contribution in [3.8, 4) is 34.0 Å². The van der Waals surface area contributed by atoms with Gasteiger partial charge in [-0.3, -0.25) is 4.79 Å². The van der Waals surface area contributed by atoms with Gasteiger partial charge in [-0.1, -0.05) is 59.6 Å². The second-order valence-electron chi connectivity index (χ2n) is 12.3. The van der Waals surface area contributed by atoms with Crippen LogP contribution in [0.1, 0.15) is 36.8 Å². The zero-order valence-corrected chi connectivity index (χ0v) is 27.4. The molecule has 2 aromatic carbocycles. The Balaban J connectivity index is 1.11. The number of amides is 1. The number of aliphatic hydroxyl groups is 1. The molecule has 1 aliphatic heterocycles. The number of fused-ring (bicyclic) bond motifs is 1. The molecule has 0 radical (unpaired) electrons. The first-order valence-electron chi connectivity index (χ1n) is 15.7. The van der Waals surface area contributed by atoms with E-state index in [-0.39, 0.29) is 11.9 Å². The van der Waals surface area contributed by atoms with Crippen molar-refractivity contribution in [1.82, 2.24) is 35.7 Å². The third-order valence-electron chi connectivity index (χ3n) is 8.74. The molecular weight excluding hydrogens is 637 g/mol. The molecule has 5 aromatic rings. The van der Waals surface area contributed by atoms with Crippen molar-refractivity contribution in [2.45, 2.75) is 50.4 Å². The van der Waals surface area contributed by atoms with Gasteiger partial charge in [0.05, 0.1) is 34.1 Å². The minimum Gasteiger partial charge on any atom is -0.481 e. The minimum atomic E-state index is -0.546. The maximum Gasteiger partial charge on any atom is 0.220 e. The molecule has 2 aliphatic rings. The number of carbonyl (C=O) groups excluding carboxylic acids is 1. The third-order valence-corrected chi connectivity index (χ3v) is 9.54. The Morgan fingerprint density at radius 2 is 1.83 bits per heavy atom. The van der Waals surface area contributed by atoms with Gasteiger partial charge in [0.15, 0.2) is 5.65 Å². The molecule has 1 amide bonds. The van der Waals surface area contributed by atoms with Crippen LogP contribution in [0.5, 0.6) is 5.88 Å². The molecule has 1 aliphatic carbocycles. The van der Waals surface area contributed by atoms with Crippen LogP contribution in [0.25, 0.3) is 39.1 Å². The standard InChI is InChI=1S/C35H35Cl2N7O3/c1-47-34-22(17-38-18-24-9-11-30(45)41-24)8-10-28(42-34)27-6-2-4-25(31(27)36)26-5-3-7-29(32(26)37)44-19-23-14-21(16-40-33(23)43-44)15-39-20-35(46)12-13-35/h2-8,10,14,16,19,24,38-39,46H,9,11-13,15,17-18,20H2,1H3,(H,41,45)/t24-/m0/s1. The minimum absolute atomic E-state index is 0.101. The smallest absolute Gasteiger partial charge is 0.220 e. The van der Waals surface area contributed by atoms with Gasteiger partial charge in [-0.05, 0) is 43.0 Å². The number of hydrogen-bond acceptors (Lipinski definition) is 8. The van der Waals surface area contributed by atoms with Gasteiger partial charge < -0.3 is 25.8 Å². The maximum absolute atomic E-state index is 11.5. The van der Waals surface area contributed by atoms with Crippen LogP contribution in [0.15, 0.2) is 67.0 Å². The lowest BCUT2D eigenvalue weighted by Crippen LogP contribution is -2.35. The Kier molecular flexibility index (Phi) is 8.87. The third kappa shape index (κ3) is 6.83. The summed E-state index contributed by atoms with van der Waals surface area (Å²) in [5.74, 6) is 0.606. The number of pyridine rings is 2. The molecule has 0 spiro atoms. The summed E-state index contributed by atoms with van der Waals surface area (Å²) >= 11 is 14.1. The normalized spacial score (nSPS) is 16.9. The number of nitrogens with one attached hydrogen (secondary N) is 3. The van der Waals surface area contributed by atoms with Gasteiger partial charge in [0.2, 0.25) is 11.8 Å². The van der Waals surface area contributed by atoms with E-state index < -0.39 is 5.60 Å². The number of hydrogen-bond donors (Lipinski definition) is 4. The zero-order chi connectivity index (χ0) is 32.5. The first-order valence-corrected chi connectivity index (χ1v) is 16.5. The van der Waals surface area contributed by atoms with Crippen molar-refractivity contribution < 1.29 is 14.6 Å². The molecule has 1 saturated carbocycles. The van der Waals surface area contributed by atoms with Gasteiger partial charge >= 0.3 is 0 Å². The Bertz CT molecular complexity index is 1960. The van der Waals surface area contributed by atoms with E-state index in [1.54, 1.807) is 18.0 Å². The molecule has 1 atom stereocenters. The molecule has 1 saturated heterocycles. The fourth-order valence-electron chi connectivity index (χ4n) is 5.93. The average molecular weight is 673 g/mol. The first kappa shape index (κ1) is 31.5. The largest absolute Gasteiger partial charge is 0.481 e. The number of benzene rings is 2. The van der Waals surface area contributed by atoms with Crippen LogP contribution in [-0.4, -0.2) is 62.6 Å². The fourth-order valence-corrected chi connectivity index (χ4v) is 6.57. The number of methoxy groups -OCH3 is 1. The van der Waals surface area contributed by atoms with Crippen molar-refractivity contribution in [3.63, 3.8) is 0 Å². The van der Waals surface area contributed by atoms with E-state index in [9.17, 15) is 9.90 Å². The SMILES string of the molecule is COc1nc(-c2cccc(-c3cccc(-n4cc5cc(CNCC6(O)CC6)cnc5n4)c3Cl)c2Cl)ccc1CNC[C@@H]1CCC(=O)N1. The van der Waals surface area contributed by atoms with Crippen LogP contribution < -0.4 is 20.7 Å². The topological polar surface area (TPSA) is 126 Å². The number of aromatic nitrogens is 4. The summed E-state index contributed by atoms with van der Waals surface area (Å²) in [6.45, 7) is 2.43. The quantitative estimate of drug-likeness (QED) is 0.138. The van der Waals surface area contributed by atoms with E-state index in [0.29, 0.717) is 65.6 Å². The zero-order valence-electron chi connectivity index (χ0n) is 25.9. The lowest BCUT2D eigenvalue weighted by atomic mass is 10.00. The molecule has 0 unspecified atom stereocenters. The summed E-state index contributed by atoms with van der Waals surface area (Å²) in [5, 5.41) is 26.4. The second-order valence-corrected chi connectivity index (χ2v) is 13.0. The second kappa shape index (κ2) is 13.2. The number of halogens is 2. The fraction of sp³-hybridized carbons (Fsp3) is 0.314. The molecule has 3 aromatic heterocycles. The van der Waals surface area contributed by atoms with Crippen LogP contribution in [-0.2, 0) is 17.9 Å². The van der Waals surface area contributed by atoms with Crippen molar-refractivity contribution in [3.05, 3.63) is 88.2 Å². The van der Waals surface area contributed by atoms with Crippen LogP contribution in [0, 0.1) is 0 Å². The summed E-state index contributed by atoms with van der Waals surface area (Å²) in [6.07, 6.45) is 6.83. The number of ether oxygens (including phenoxy) is 1.